The maximum atomic E-state index is 11.7. The van der Waals surface area contributed by atoms with Crippen molar-refractivity contribution in [2.75, 3.05) is 0 Å². The van der Waals surface area contributed by atoms with Gasteiger partial charge in [0, 0.05) is 29.3 Å². The van der Waals surface area contributed by atoms with Gasteiger partial charge in [0.05, 0.1) is 5.56 Å². The summed E-state index contributed by atoms with van der Waals surface area (Å²) >= 11 is 1.33. The van der Waals surface area contributed by atoms with E-state index in [0.29, 0.717) is 11.8 Å². The highest BCUT2D eigenvalue weighted by atomic mass is 32.2. The Kier molecular flexibility index (Phi) is 3.73. The van der Waals surface area contributed by atoms with E-state index in [1.54, 1.807) is 37.5 Å². The third kappa shape index (κ3) is 2.45. The van der Waals surface area contributed by atoms with Gasteiger partial charge in [-0.05, 0) is 34.9 Å². The van der Waals surface area contributed by atoms with Crippen LogP contribution in [0.1, 0.15) is 22.8 Å². The van der Waals surface area contributed by atoms with Crippen LogP contribution in [0.3, 0.4) is 0 Å². The Hall–Kier alpha value is -2.86. The van der Waals surface area contributed by atoms with Crippen molar-refractivity contribution in [3.05, 3.63) is 59.9 Å². The van der Waals surface area contributed by atoms with Crippen LogP contribution >= 0.6 is 11.8 Å². The van der Waals surface area contributed by atoms with Crippen LogP contribution in [0.15, 0.2) is 53.7 Å². The number of nitrogens with zero attached hydrogens (tertiary/aromatic N) is 1. The second kappa shape index (κ2) is 5.85. The summed E-state index contributed by atoms with van der Waals surface area (Å²) in [6.45, 7) is 1.72. The molecular weight excluding hydrogens is 350 g/mol. The minimum Gasteiger partial charge on any atom is -0.480 e. The van der Waals surface area contributed by atoms with Crippen molar-refractivity contribution >= 4 is 34.5 Å². The lowest BCUT2D eigenvalue weighted by Crippen LogP contribution is -2.30. The summed E-state index contributed by atoms with van der Waals surface area (Å²) in [4.78, 5) is 28.4. The fourth-order valence-corrected chi connectivity index (χ4v) is 4.69. The Morgan fingerprint density at radius 3 is 2.46 bits per heavy atom. The van der Waals surface area contributed by atoms with E-state index in [9.17, 15) is 19.8 Å². The van der Waals surface area contributed by atoms with Crippen LogP contribution < -0.4 is 0 Å². The van der Waals surface area contributed by atoms with Gasteiger partial charge in [-0.3, -0.25) is 9.78 Å². The standard InChI is InChI=1S/C20H15NO4S/c1-20(19(24)25)8-11-9-21-10-16(17(11)26-20)14-6-7-15(18(22)23)13-5-3-2-4-12(13)14/h2-7,9-10H,8H2,1H3,(H,22,23)(H,24,25). The van der Waals surface area contributed by atoms with E-state index in [2.05, 4.69) is 4.98 Å². The van der Waals surface area contributed by atoms with E-state index < -0.39 is 16.7 Å². The number of hydrogen-bond acceptors (Lipinski definition) is 4. The molecule has 2 heterocycles. The van der Waals surface area contributed by atoms with Crippen molar-refractivity contribution in [1.29, 1.82) is 0 Å². The normalized spacial score (nSPS) is 18.7. The molecule has 0 saturated carbocycles. The number of thioether (sulfide) groups is 1. The number of rotatable bonds is 3. The lowest BCUT2D eigenvalue weighted by Gasteiger charge is -2.16. The summed E-state index contributed by atoms with van der Waals surface area (Å²) in [6, 6.07) is 10.7. The first kappa shape index (κ1) is 16.6. The van der Waals surface area contributed by atoms with Gasteiger partial charge in [-0.1, -0.05) is 30.3 Å². The Labute approximate surface area is 153 Å². The number of carboxylic acids is 2. The molecule has 0 saturated heterocycles. The smallest absolute Gasteiger partial charge is 0.336 e. The molecule has 3 aromatic rings. The largest absolute Gasteiger partial charge is 0.480 e. The van der Waals surface area contributed by atoms with Crippen molar-refractivity contribution in [2.45, 2.75) is 23.0 Å². The highest BCUT2D eigenvalue weighted by Gasteiger charge is 2.42. The fourth-order valence-electron chi connectivity index (χ4n) is 3.39. The molecule has 0 spiro atoms. The molecule has 0 radical (unpaired) electrons. The molecule has 0 amide bonds. The lowest BCUT2D eigenvalue weighted by molar-refractivity contribution is -0.139. The Balaban J connectivity index is 1.95. The zero-order valence-electron chi connectivity index (χ0n) is 13.9. The average molecular weight is 365 g/mol. The summed E-state index contributed by atoms with van der Waals surface area (Å²) in [5.74, 6) is -1.83. The Morgan fingerprint density at radius 2 is 1.77 bits per heavy atom. The van der Waals surface area contributed by atoms with E-state index in [-0.39, 0.29) is 5.56 Å². The molecule has 4 rings (SSSR count). The van der Waals surface area contributed by atoms with Crippen molar-refractivity contribution in [2.24, 2.45) is 0 Å². The van der Waals surface area contributed by atoms with E-state index >= 15 is 0 Å². The number of pyridine rings is 1. The lowest BCUT2D eigenvalue weighted by atomic mass is 9.94. The second-order valence-corrected chi connectivity index (χ2v) is 8.01. The molecule has 5 nitrogen and oxygen atoms in total. The van der Waals surface area contributed by atoms with Gasteiger partial charge >= 0.3 is 11.9 Å². The molecule has 1 aliphatic heterocycles. The van der Waals surface area contributed by atoms with E-state index in [4.69, 9.17) is 0 Å². The number of benzene rings is 2. The van der Waals surface area contributed by atoms with Gasteiger partial charge in [0.1, 0.15) is 4.75 Å². The van der Waals surface area contributed by atoms with Gasteiger partial charge in [-0.2, -0.15) is 0 Å². The van der Waals surface area contributed by atoms with Crippen LogP contribution in [0.25, 0.3) is 21.9 Å². The predicted octanol–water partition coefficient (Wildman–Crippen LogP) is 4.09. The van der Waals surface area contributed by atoms with Gasteiger partial charge in [0.2, 0.25) is 0 Å². The van der Waals surface area contributed by atoms with Crippen molar-refractivity contribution in [3.63, 3.8) is 0 Å². The molecule has 1 aliphatic rings. The monoisotopic (exact) mass is 365 g/mol. The summed E-state index contributed by atoms with van der Waals surface area (Å²) in [5.41, 5.74) is 2.85. The number of aromatic nitrogens is 1. The van der Waals surface area contributed by atoms with Gasteiger partial charge in [0.25, 0.3) is 0 Å². The van der Waals surface area contributed by atoms with Crippen LogP contribution in [-0.4, -0.2) is 31.9 Å². The third-order valence-corrected chi connectivity index (χ3v) is 6.18. The molecule has 26 heavy (non-hydrogen) atoms. The molecule has 2 aromatic carbocycles. The van der Waals surface area contributed by atoms with Crippen molar-refractivity contribution in [1.82, 2.24) is 4.98 Å². The molecule has 2 N–H and O–H groups in total. The molecule has 0 aliphatic carbocycles. The summed E-state index contributed by atoms with van der Waals surface area (Å²) in [5, 5.41) is 20.5. The third-order valence-electron chi connectivity index (χ3n) is 4.72. The number of hydrogen-bond donors (Lipinski definition) is 2. The summed E-state index contributed by atoms with van der Waals surface area (Å²) in [6.07, 6.45) is 3.85. The molecule has 0 fully saturated rings. The minimum atomic E-state index is -0.975. The van der Waals surface area contributed by atoms with E-state index in [1.165, 1.54) is 11.8 Å². The van der Waals surface area contributed by atoms with E-state index in [0.717, 1.165) is 27.0 Å². The molecular formula is C20H15NO4S. The van der Waals surface area contributed by atoms with Gasteiger partial charge in [-0.25, -0.2) is 4.79 Å². The second-order valence-electron chi connectivity index (χ2n) is 6.50. The van der Waals surface area contributed by atoms with Crippen molar-refractivity contribution < 1.29 is 19.8 Å². The maximum absolute atomic E-state index is 11.7. The summed E-state index contributed by atoms with van der Waals surface area (Å²) < 4.78 is -0.920. The molecule has 1 aromatic heterocycles. The number of aliphatic carboxylic acids is 1. The maximum Gasteiger partial charge on any atom is 0.336 e. The van der Waals surface area contributed by atoms with Crippen LogP contribution in [0.4, 0.5) is 0 Å². The zero-order valence-corrected chi connectivity index (χ0v) is 14.7. The van der Waals surface area contributed by atoms with Crippen LogP contribution in [0.5, 0.6) is 0 Å². The average Bonchev–Trinajstić information content (AvgIpc) is 2.98. The van der Waals surface area contributed by atoms with Gasteiger partial charge in [-0.15, -0.1) is 11.8 Å². The van der Waals surface area contributed by atoms with Crippen LogP contribution in [-0.2, 0) is 11.2 Å². The fraction of sp³-hybridized carbons (Fsp3) is 0.150. The first-order chi connectivity index (χ1) is 12.4. The Bertz CT molecular complexity index is 1080. The topological polar surface area (TPSA) is 87.5 Å². The quantitative estimate of drug-likeness (QED) is 0.727. The van der Waals surface area contributed by atoms with Crippen molar-refractivity contribution in [3.8, 4) is 11.1 Å². The van der Waals surface area contributed by atoms with Gasteiger partial charge < -0.3 is 10.2 Å². The number of fused-ring (bicyclic) bond motifs is 2. The number of carboxylic acid groups (broad SMARTS) is 2. The summed E-state index contributed by atoms with van der Waals surface area (Å²) in [7, 11) is 0. The highest BCUT2D eigenvalue weighted by Crippen LogP contribution is 2.49. The molecule has 0 bridgehead atoms. The molecule has 6 heteroatoms. The SMILES string of the molecule is CC1(C(=O)O)Cc2cncc(-c3ccc(C(=O)O)c4ccccc34)c2S1. The number of carbonyl (C=O) groups is 2. The molecule has 130 valence electrons. The first-order valence-corrected chi connectivity index (χ1v) is 8.87. The van der Waals surface area contributed by atoms with Crippen LogP contribution in [0, 0.1) is 0 Å². The number of aromatic carboxylic acids is 1. The first-order valence-electron chi connectivity index (χ1n) is 8.05. The van der Waals surface area contributed by atoms with E-state index in [1.807, 2.05) is 18.2 Å². The molecule has 1 unspecified atom stereocenters. The Morgan fingerprint density at radius 1 is 1.04 bits per heavy atom. The van der Waals surface area contributed by atoms with Gasteiger partial charge in [0.15, 0.2) is 0 Å². The predicted molar refractivity (Wildman–Crippen MR) is 99.7 cm³/mol. The molecule has 1 atom stereocenters. The minimum absolute atomic E-state index is 0.243. The van der Waals surface area contributed by atoms with Crippen LogP contribution in [0.2, 0.25) is 0 Å². The zero-order chi connectivity index (χ0) is 18.5. The highest BCUT2D eigenvalue weighted by molar-refractivity contribution is 8.01.